The van der Waals surface area contributed by atoms with Crippen molar-refractivity contribution < 1.29 is 43.2 Å². The Bertz CT molecular complexity index is 2390. The van der Waals surface area contributed by atoms with Gasteiger partial charge in [-0.15, -0.1) is 0 Å². The van der Waals surface area contributed by atoms with E-state index < -0.39 is 47.1 Å². The second-order valence-corrected chi connectivity index (χ2v) is 17.4. The van der Waals surface area contributed by atoms with Gasteiger partial charge in [-0.25, -0.2) is 22.8 Å². The van der Waals surface area contributed by atoms with Gasteiger partial charge in [0.05, 0.1) is 23.1 Å². The number of anilines is 1. The summed E-state index contributed by atoms with van der Waals surface area (Å²) in [5, 5.41) is 4.07. The monoisotopic (exact) mass is 832 g/mol. The molecule has 4 saturated heterocycles. The maximum atomic E-state index is 17.6. The molecule has 1 unspecified atom stereocenters. The number of ether oxygens (including phenoxy) is 3. The maximum absolute atomic E-state index is 17.6. The lowest BCUT2D eigenvalue weighted by Crippen LogP contribution is -2.57. The van der Waals surface area contributed by atoms with Crippen molar-refractivity contribution in [1.82, 2.24) is 35.0 Å². The van der Waals surface area contributed by atoms with Gasteiger partial charge in [0.1, 0.15) is 47.4 Å². The predicted molar refractivity (Wildman–Crippen MR) is 218 cm³/mol. The molecule has 8 heterocycles. The number of piperidine rings is 1. The number of aromatic nitrogens is 3. The molecule has 10 rings (SSSR count). The van der Waals surface area contributed by atoms with Crippen LogP contribution in [0, 0.1) is 11.6 Å². The number of hydrogen-bond acceptors (Lipinski definition) is 11. The first-order valence-corrected chi connectivity index (χ1v) is 20.8. The number of carbonyl (C=O) groups is 3. The number of carbonyl (C=O) groups excluding carboxylic acids is 3. The summed E-state index contributed by atoms with van der Waals surface area (Å²) >= 11 is 0. The maximum Gasteiger partial charge on any atom is 0.415 e. The average Bonchev–Trinajstić information content (AvgIpc) is 3.93. The summed E-state index contributed by atoms with van der Waals surface area (Å²) in [4.78, 5) is 60.8. The molecule has 2 aromatic heterocycles. The van der Waals surface area contributed by atoms with Gasteiger partial charge in [-0.05, 0) is 99.4 Å². The molecule has 4 aromatic rings. The van der Waals surface area contributed by atoms with Gasteiger partial charge in [-0.1, -0.05) is 6.07 Å². The third-order valence-corrected chi connectivity index (χ3v) is 12.9. The molecule has 4 atom stereocenters. The van der Waals surface area contributed by atoms with Crippen LogP contribution in [0.15, 0.2) is 30.5 Å². The Balaban J connectivity index is 0.00000514. The number of likely N-dealkylation sites (tertiary alicyclic amines) is 1. The number of rotatable bonds is 5. The lowest BCUT2D eigenvalue weighted by atomic mass is 9.91. The van der Waals surface area contributed by atoms with E-state index >= 15 is 8.78 Å². The number of nitrogens with zero attached hydrogens (tertiary/aromatic N) is 7. The molecule has 0 spiro atoms. The first-order valence-electron chi connectivity index (χ1n) is 20.8. The topological polar surface area (TPSA) is 143 Å². The largest absolute Gasteiger partial charge is 0.461 e. The Morgan fingerprint density at radius 3 is 2.75 bits per heavy atom. The van der Waals surface area contributed by atoms with Gasteiger partial charge in [0, 0.05) is 59.9 Å². The molecule has 6 aliphatic rings. The minimum Gasteiger partial charge on any atom is -0.461 e. The minimum absolute atomic E-state index is 0. The highest BCUT2D eigenvalue weighted by atomic mass is 19.1. The zero-order valence-electron chi connectivity index (χ0n) is 34.1. The van der Waals surface area contributed by atoms with Gasteiger partial charge in [0.2, 0.25) is 5.91 Å². The first kappa shape index (κ1) is 40.0. The molecule has 320 valence electrons. The third-order valence-electron chi connectivity index (χ3n) is 12.9. The van der Waals surface area contributed by atoms with E-state index in [1.54, 1.807) is 20.2 Å². The van der Waals surface area contributed by atoms with Crippen molar-refractivity contribution in [3.63, 3.8) is 0 Å². The van der Waals surface area contributed by atoms with Gasteiger partial charge in [0.15, 0.2) is 5.82 Å². The fourth-order valence-electron chi connectivity index (χ4n) is 10.1. The van der Waals surface area contributed by atoms with E-state index in [4.69, 9.17) is 19.2 Å². The van der Waals surface area contributed by atoms with E-state index in [2.05, 4.69) is 20.2 Å². The van der Waals surface area contributed by atoms with Crippen molar-refractivity contribution >= 4 is 45.6 Å². The summed E-state index contributed by atoms with van der Waals surface area (Å²) < 4.78 is 66.2. The number of fused-ring (bicyclic) bond motifs is 7. The number of benzene rings is 2. The number of aryl methyl sites for hydroxylation is 1. The van der Waals surface area contributed by atoms with Crippen LogP contribution in [0.5, 0.6) is 11.8 Å². The lowest BCUT2D eigenvalue weighted by Gasteiger charge is -2.41. The molecular formula is C43H51F3N8O6. The molecule has 0 saturated carbocycles. The highest BCUT2D eigenvalue weighted by Gasteiger charge is 2.49. The average molecular weight is 833 g/mol. The molecule has 4 fully saturated rings. The van der Waals surface area contributed by atoms with Crippen molar-refractivity contribution in [1.29, 1.82) is 0 Å². The van der Waals surface area contributed by atoms with Crippen LogP contribution in [0.4, 0.5) is 28.6 Å². The van der Waals surface area contributed by atoms with Crippen LogP contribution < -0.4 is 19.7 Å². The summed E-state index contributed by atoms with van der Waals surface area (Å²) in [6.07, 6.45) is 3.89. The van der Waals surface area contributed by atoms with Crippen LogP contribution in [0.3, 0.4) is 0 Å². The van der Waals surface area contributed by atoms with E-state index in [9.17, 15) is 18.8 Å². The summed E-state index contributed by atoms with van der Waals surface area (Å²) in [7, 11) is 3.25. The Labute approximate surface area is 346 Å². The number of hydrogen-bond donors (Lipinski definition) is 1. The van der Waals surface area contributed by atoms with Crippen LogP contribution in [-0.2, 0) is 16.0 Å². The zero-order valence-corrected chi connectivity index (χ0v) is 34.1. The summed E-state index contributed by atoms with van der Waals surface area (Å²) in [6, 6.07) is 5.04. The van der Waals surface area contributed by atoms with Crippen LogP contribution in [0.1, 0.15) is 65.3 Å². The molecule has 14 nitrogen and oxygen atoms in total. The summed E-state index contributed by atoms with van der Waals surface area (Å²) in [5.74, 6) is -1.23. The number of halogens is 3. The number of nitrogens with one attached hydrogen (secondary N) is 1. The Kier molecular flexibility index (Phi) is 10.4. The number of likely N-dealkylation sites (N-methyl/N-ethyl adjacent to an activating group) is 1. The van der Waals surface area contributed by atoms with E-state index in [1.165, 1.54) is 34.2 Å². The molecule has 60 heavy (non-hydrogen) atoms. The molecule has 6 aliphatic heterocycles. The molecule has 0 aliphatic carbocycles. The van der Waals surface area contributed by atoms with Crippen LogP contribution in [0.25, 0.3) is 32.9 Å². The quantitative estimate of drug-likeness (QED) is 0.239. The Morgan fingerprint density at radius 1 is 1.08 bits per heavy atom. The fraction of sp³-hybridized carbons (Fsp3) is 0.535. The molecule has 6 bridgehead atoms. The number of pyridine rings is 1. The molecule has 3 amide bonds. The van der Waals surface area contributed by atoms with Crippen molar-refractivity contribution in [2.24, 2.45) is 0 Å². The Morgan fingerprint density at radius 2 is 1.92 bits per heavy atom. The SMILES string of the molecule is CN(C)C(=O)C1CCCN1C(=O)Oc1cc2c3c(c(F)ccc3c1)CCCOC(=O)N[C@]1(C)CCCN(C1)c1nc(OC[C@@]34CCCN3C[C@H](F)C4)nc3c(F)c-2ncc13.[HH]. The summed E-state index contributed by atoms with van der Waals surface area (Å²) in [6.45, 7) is 4.26. The normalized spacial score (nSPS) is 25.7. The number of amides is 3. The highest BCUT2D eigenvalue weighted by Crippen LogP contribution is 2.43. The fourth-order valence-corrected chi connectivity index (χ4v) is 10.1. The molecule has 17 heteroatoms. The minimum atomic E-state index is -0.980. The van der Waals surface area contributed by atoms with Crippen molar-refractivity contribution in [2.75, 3.05) is 64.9 Å². The lowest BCUT2D eigenvalue weighted by molar-refractivity contribution is -0.132. The third kappa shape index (κ3) is 7.27. The van der Waals surface area contributed by atoms with Gasteiger partial charge < -0.3 is 29.3 Å². The first-order chi connectivity index (χ1) is 28.8. The van der Waals surface area contributed by atoms with Gasteiger partial charge in [0.25, 0.3) is 0 Å². The highest BCUT2D eigenvalue weighted by molar-refractivity contribution is 6.02. The van der Waals surface area contributed by atoms with E-state index in [0.29, 0.717) is 74.9 Å². The Hall–Kier alpha value is -5.45. The zero-order chi connectivity index (χ0) is 41.9. The van der Waals surface area contributed by atoms with E-state index in [1.807, 2.05) is 11.8 Å². The van der Waals surface area contributed by atoms with Crippen molar-refractivity contribution in [3.05, 3.63) is 47.7 Å². The van der Waals surface area contributed by atoms with Crippen LogP contribution in [-0.4, -0.2) is 131 Å². The molecule has 0 radical (unpaired) electrons. The summed E-state index contributed by atoms with van der Waals surface area (Å²) in [5.41, 5.74) is -1.17. The van der Waals surface area contributed by atoms with Gasteiger partial charge in [-0.3, -0.25) is 19.6 Å². The number of alkyl carbamates (subject to hydrolysis) is 1. The van der Waals surface area contributed by atoms with Crippen molar-refractivity contribution in [2.45, 2.75) is 88.0 Å². The predicted octanol–water partition coefficient (Wildman–Crippen LogP) is 6.41. The van der Waals surface area contributed by atoms with Crippen LogP contribution in [0.2, 0.25) is 0 Å². The van der Waals surface area contributed by atoms with E-state index in [0.717, 1.165) is 19.4 Å². The second kappa shape index (κ2) is 15.5. The van der Waals surface area contributed by atoms with Crippen molar-refractivity contribution in [3.8, 4) is 23.0 Å². The van der Waals surface area contributed by atoms with Crippen LogP contribution >= 0.6 is 0 Å². The van der Waals surface area contributed by atoms with Gasteiger partial charge in [-0.2, -0.15) is 9.97 Å². The standard InChI is InChI=1S/C43H49F3N8O6.H2/c1-42-12-6-14-52(23-42)37-30-21-47-35(34(46)36(30)48-39(49-37)59-24-43-13-7-15-53(43)22-26(44)20-43)29-19-27(60-41(57)54-16-4-9-32(54)38(55)51(2)3)18-25-10-11-31(45)28(33(25)29)8-5-17-58-40(56)50-42;/h10-11,18-19,21,26,32H,4-9,12-17,20,22-24H2,1-3H3,(H,50,56);1H/t26-,32?,42-,43+;/m1./s1. The molecular weight excluding hydrogens is 782 g/mol. The number of alkyl halides is 1. The molecule has 2 aromatic carbocycles. The van der Waals surface area contributed by atoms with E-state index in [-0.39, 0.29) is 72.9 Å². The van der Waals surface area contributed by atoms with Gasteiger partial charge >= 0.3 is 18.2 Å². The second-order valence-electron chi connectivity index (χ2n) is 17.4. The smallest absolute Gasteiger partial charge is 0.415 e. The molecule has 1 N–H and O–H groups in total.